The molecule has 0 aliphatic heterocycles. The van der Waals surface area contributed by atoms with Crippen LogP contribution in [-0.4, -0.2) is 34.3 Å². The lowest BCUT2D eigenvalue weighted by Crippen LogP contribution is -2.34. The van der Waals surface area contributed by atoms with E-state index in [1.54, 1.807) is 13.0 Å². The Bertz CT molecular complexity index is 321. The average Bonchev–Trinajstić information content (AvgIpc) is 2.15. The number of hydrogen-bond acceptors (Lipinski definition) is 4. The molecule has 0 aliphatic carbocycles. The van der Waals surface area contributed by atoms with Crippen molar-refractivity contribution in [1.29, 1.82) is 0 Å². The molecule has 4 nitrogen and oxygen atoms in total. The highest BCUT2D eigenvalue weighted by Gasteiger charge is 2.12. The molecule has 1 aromatic rings. The van der Waals surface area contributed by atoms with Crippen molar-refractivity contribution in [3.8, 4) is 0 Å². The lowest BCUT2D eigenvalue weighted by atomic mass is 10.2. The molecule has 0 aliphatic rings. The van der Waals surface area contributed by atoms with Gasteiger partial charge in [0.1, 0.15) is 17.3 Å². The number of rotatable bonds is 5. The molecule has 0 aromatic carbocycles. The second-order valence-corrected chi connectivity index (χ2v) is 4.73. The van der Waals surface area contributed by atoms with Gasteiger partial charge in [-0.05, 0) is 12.8 Å². The van der Waals surface area contributed by atoms with E-state index >= 15 is 0 Å². The molecule has 90 valence electrons. The summed E-state index contributed by atoms with van der Waals surface area (Å²) < 4.78 is 0. The molecular weight excluding hydrogens is 226 g/mol. The Labute approximate surface area is 101 Å². The molecule has 1 rings (SSSR count). The Morgan fingerprint density at radius 2 is 2.00 bits per heavy atom. The maximum atomic E-state index is 9.45. The minimum absolute atomic E-state index is 0.396. The van der Waals surface area contributed by atoms with Crippen LogP contribution < -0.4 is 4.90 Å². The largest absolute Gasteiger partial charge is 0.392 e. The number of aliphatic hydroxyl groups excluding tert-OH is 1. The molecule has 1 N–H and O–H groups in total. The summed E-state index contributed by atoms with van der Waals surface area (Å²) in [6.45, 7) is 7.38. The van der Waals surface area contributed by atoms with E-state index in [2.05, 4.69) is 23.8 Å². The number of aromatic nitrogens is 2. The summed E-state index contributed by atoms with van der Waals surface area (Å²) >= 11 is 5.82. The van der Waals surface area contributed by atoms with Crippen LogP contribution in [0.25, 0.3) is 0 Å². The molecule has 0 fully saturated rings. The van der Waals surface area contributed by atoms with Gasteiger partial charge in [-0.3, -0.25) is 0 Å². The smallest absolute Gasteiger partial charge is 0.134 e. The van der Waals surface area contributed by atoms with Crippen LogP contribution in [-0.2, 0) is 0 Å². The van der Waals surface area contributed by atoms with E-state index in [1.165, 1.54) is 6.33 Å². The van der Waals surface area contributed by atoms with Crippen molar-refractivity contribution in [2.75, 3.05) is 18.0 Å². The van der Waals surface area contributed by atoms with Gasteiger partial charge in [-0.1, -0.05) is 25.4 Å². The fourth-order valence-electron chi connectivity index (χ4n) is 1.52. The molecule has 0 spiro atoms. The van der Waals surface area contributed by atoms with Gasteiger partial charge in [0.2, 0.25) is 0 Å². The fourth-order valence-corrected chi connectivity index (χ4v) is 1.66. The van der Waals surface area contributed by atoms with Crippen molar-refractivity contribution < 1.29 is 5.11 Å². The lowest BCUT2D eigenvalue weighted by molar-refractivity contribution is 0.198. The zero-order valence-corrected chi connectivity index (χ0v) is 10.6. The minimum Gasteiger partial charge on any atom is -0.392 e. The minimum atomic E-state index is -0.396. The van der Waals surface area contributed by atoms with Gasteiger partial charge in [0.15, 0.2) is 0 Å². The van der Waals surface area contributed by atoms with Crippen LogP contribution in [0.4, 0.5) is 5.82 Å². The second kappa shape index (κ2) is 6.01. The second-order valence-electron chi connectivity index (χ2n) is 4.35. The maximum Gasteiger partial charge on any atom is 0.134 e. The number of nitrogens with zero attached hydrogens (tertiary/aromatic N) is 3. The molecule has 1 atom stereocenters. The van der Waals surface area contributed by atoms with Gasteiger partial charge in [-0.15, -0.1) is 0 Å². The normalized spacial score (nSPS) is 12.9. The van der Waals surface area contributed by atoms with E-state index in [0.717, 1.165) is 12.4 Å². The van der Waals surface area contributed by atoms with Crippen molar-refractivity contribution >= 4 is 17.4 Å². The molecule has 0 radical (unpaired) electrons. The lowest BCUT2D eigenvalue weighted by Gasteiger charge is -2.26. The number of anilines is 1. The summed E-state index contributed by atoms with van der Waals surface area (Å²) in [6.07, 6.45) is 1.04. The number of halogens is 1. The molecule has 1 aromatic heterocycles. The zero-order valence-electron chi connectivity index (χ0n) is 9.89. The van der Waals surface area contributed by atoms with Crippen LogP contribution in [0.5, 0.6) is 0 Å². The topological polar surface area (TPSA) is 49.2 Å². The molecule has 1 unspecified atom stereocenters. The maximum absolute atomic E-state index is 9.45. The summed E-state index contributed by atoms with van der Waals surface area (Å²) in [7, 11) is 0. The molecule has 0 bridgehead atoms. The van der Waals surface area contributed by atoms with Gasteiger partial charge in [-0.25, -0.2) is 9.97 Å². The first kappa shape index (κ1) is 13.2. The summed E-state index contributed by atoms with van der Waals surface area (Å²) in [6, 6.07) is 1.71. The molecule has 16 heavy (non-hydrogen) atoms. The molecule has 1 heterocycles. The summed E-state index contributed by atoms with van der Waals surface area (Å²) in [5, 5.41) is 9.87. The van der Waals surface area contributed by atoms with Crippen molar-refractivity contribution in [3.05, 3.63) is 17.5 Å². The van der Waals surface area contributed by atoms with Gasteiger partial charge >= 0.3 is 0 Å². The third-order valence-electron chi connectivity index (χ3n) is 2.01. The predicted molar refractivity (Wildman–Crippen MR) is 65.8 cm³/mol. The van der Waals surface area contributed by atoms with E-state index in [0.29, 0.717) is 17.6 Å². The quantitative estimate of drug-likeness (QED) is 0.804. The molecular formula is C11H18ClN3O. The SMILES string of the molecule is CC(C)CN(CC(C)O)c1cc(Cl)ncn1. The third-order valence-corrected chi connectivity index (χ3v) is 2.22. The van der Waals surface area contributed by atoms with Crippen LogP contribution in [0, 0.1) is 5.92 Å². The van der Waals surface area contributed by atoms with E-state index in [4.69, 9.17) is 11.6 Å². The van der Waals surface area contributed by atoms with E-state index < -0.39 is 6.10 Å². The Morgan fingerprint density at radius 1 is 1.31 bits per heavy atom. The highest BCUT2D eigenvalue weighted by atomic mass is 35.5. The Morgan fingerprint density at radius 3 is 2.50 bits per heavy atom. The van der Waals surface area contributed by atoms with E-state index in [9.17, 15) is 5.11 Å². The Balaban J connectivity index is 2.82. The molecule has 0 amide bonds. The summed E-state index contributed by atoms with van der Waals surface area (Å²) in [4.78, 5) is 10.0. The molecule has 0 saturated heterocycles. The Hall–Kier alpha value is -0.870. The number of aliphatic hydroxyl groups is 1. The van der Waals surface area contributed by atoms with Gasteiger partial charge < -0.3 is 10.0 Å². The van der Waals surface area contributed by atoms with Crippen molar-refractivity contribution in [1.82, 2.24) is 9.97 Å². The van der Waals surface area contributed by atoms with Crippen LogP contribution in [0.1, 0.15) is 20.8 Å². The first-order valence-electron chi connectivity index (χ1n) is 5.39. The molecule has 5 heteroatoms. The van der Waals surface area contributed by atoms with Gasteiger partial charge in [-0.2, -0.15) is 0 Å². The highest BCUT2D eigenvalue weighted by Crippen LogP contribution is 2.16. The van der Waals surface area contributed by atoms with Crippen LogP contribution in [0.2, 0.25) is 5.15 Å². The van der Waals surface area contributed by atoms with Gasteiger partial charge in [0.05, 0.1) is 6.10 Å². The summed E-state index contributed by atoms with van der Waals surface area (Å²) in [5.41, 5.74) is 0. The fraction of sp³-hybridized carbons (Fsp3) is 0.636. The zero-order chi connectivity index (χ0) is 12.1. The van der Waals surface area contributed by atoms with E-state index in [1.807, 2.05) is 4.90 Å². The van der Waals surface area contributed by atoms with Crippen LogP contribution in [0.15, 0.2) is 12.4 Å². The monoisotopic (exact) mass is 243 g/mol. The van der Waals surface area contributed by atoms with Crippen molar-refractivity contribution in [3.63, 3.8) is 0 Å². The first-order chi connectivity index (χ1) is 7.49. The van der Waals surface area contributed by atoms with Gasteiger partial charge in [0, 0.05) is 19.2 Å². The van der Waals surface area contributed by atoms with Crippen LogP contribution >= 0.6 is 11.6 Å². The van der Waals surface area contributed by atoms with Crippen molar-refractivity contribution in [2.24, 2.45) is 5.92 Å². The Kier molecular flexibility index (Phi) is 4.96. The third kappa shape index (κ3) is 4.33. The average molecular weight is 244 g/mol. The predicted octanol–water partition coefficient (Wildman–Crippen LogP) is 1.97. The number of hydrogen-bond donors (Lipinski definition) is 1. The molecule has 0 saturated carbocycles. The van der Waals surface area contributed by atoms with Gasteiger partial charge in [0.25, 0.3) is 0 Å². The summed E-state index contributed by atoms with van der Waals surface area (Å²) in [5.74, 6) is 1.25. The highest BCUT2D eigenvalue weighted by molar-refractivity contribution is 6.29. The standard InChI is InChI=1S/C11H18ClN3O/c1-8(2)5-15(6-9(3)16)11-4-10(12)13-7-14-11/h4,7-9,16H,5-6H2,1-3H3. The van der Waals surface area contributed by atoms with Crippen molar-refractivity contribution in [2.45, 2.75) is 26.9 Å². The van der Waals surface area contributed by atoms with Crippen LogP contribution in [0.3, 0.4) is 0 Å². The first-order valence-corrected chi connectivity index (χ1v) is 5.77. The van der Waals surface area contributed by atoms with E-state index in [-0.39, 0.29) is 0 Å².